The summed E-state index contributed by atoms with van der Waals surface area (Å²) >= 11 is 0. The molecule has 2 heterocycles. The van der Waals surface area contributed by atoms with Gasteiger partial charge >= 0.3 is 0 Å². The van der Waals surface area contributed by atoms with E-state index in [9.17, 15) is 9.59 Å². The van der Waals surface area contributed by atoms with Crippen LogP contribution in [0.4, 0.5) is 0 Å². The highest BCUT2D eigenvalue weighted by Crippen LogP contribution is 2.54. The number of rotatable bonds is 1. The predicted molar refractivity (Wildman–Crippen MR) is 76.7 cm³/mol. The van der Waals surface area contributed by atoms with E-state index in [0.717, 1.165) is 24.0 Å². The van der Waals surface area contributed by atoms with Crippen molar-refractivity contribution in [2.24, 2.45) is 5.41 Å². The zero-order valence-corrected chi connectivity index (χ0v) is 12.5. The third kappa shape index (κ3) is 2.03. The van der Waals surface area contributed by atoms with Crippen LogP contribution in [-0.4, -0.2) is 21.9 Å². The molecule has 2 aliphatic rings. The van der Waals surface area contributed by atoms with Gasteiger partial charge < -0.3 is 4.90 Å². The number of hydrogen-bond acceptors (Lipinski definition) is 3. The van der Waals surface area contributed by atoms with Crippen molar-refractivity contribution in [2.45, 2.75) is 45.7 Å². The summed E-state index contributed by atoms with van der Waals surface area (Å²) in [6.07, 6.45) is 1.91. The first kappa shape index (κ1) is 14.1. The van der Waals surface area contributed by atoms with Gasteiger partial charge in [0.1, 0.15) is 0 Å². The Morgan fingerprint density at radius 2 is 1.81 bits per heavy atom. The number of fused-ring (bicyclic) bond motifs is 5. The summed E-state index contributed by atoms with van der Waals surface area (Å²) in [6.45, 7) is 5.80. The average Bonchev–Trinajstić information content (AvgIpc) is 3.00. The van der Waals surface area contributed by atoms with Crippen LogP contribution < -0.4 is 5.48 Å². The van der Waals surface area contributed by atoms with Gasteiger partial charge in [-0.05, 0) is 36.1 Å². The maximum absolute atomic E-state index is 12.7. The first-order valence-electron chi connectivity index (χ1n) is 7.25. The summed E-state index contributed by atoms with van der Waals surface area (Å²) in [6, 6.07) is 5.59. The molecule has 5 heteroatoms. The van der Waals surface area contributed by atoms with E-state index in [0.29, 0.717) is 5.56 Å². The van der Waals surface area contributed by atoms with E-state index in [1.165, 1.54) is 0 Å². The molecule has 1 saturated heterocycles. The number of hydrogen-bond donors (Lipinski definition) is 2. The van der Waals surface area contributed by atoms with Crippen molar-refractivity contribution in [3.63, 3.8) is 0 Å². The van der Waals surface area contributed by atoms with Gasteiger partial charge in [-0.3, -0.25) is 14.8 Å². The third-order valence-electron chi connectivity index (χ3n) is 4.43. The molecule has 0 aromatic heterocycles. The number of benzene rings is 1. The molecule has 21 heavy (non-hydrogen) atoms. The zero-order chi connectivity index (χ0) is 15.4. The topological polar surface area (TPSA) is 69.6 Å². The summed E-state index contributed by atoms with van der Waals surface area (Å²) in [5.41, 5.74) is 3.85. The lowest BCUT2D eigenvalue weighted by Gasteiger charge is -2.30. The minimum Gasteiger partial charge on any atom is -0.328 e. The molecule has 0 saturated carbocycles. The Kier molecular flexibility index (Phi) is 3.06. The largest absolute Gasteiger partial charge is 0.328 e. The second kappa shape index (κ2) is 4.56. The van der Waals surface area contributed by atoms with Crippen molar-refractivity contribution in [2.75, 3.05) is 0 Å². The lowest BCUT2D eigenvalue weighted by Crippen LogP contribution is -2.37. The van der Waals surface area contributed by atoms with Crippen molar-refractivity contribution in [1.29, 1.82) is 0 Å². The van der Waals surface area contributed by atoms with Gasteiger partial charge in [0.05, 0.1) is 12.1 Å². The Bertz CT molecular complexity index is 618. The summed E-state index contributed by atoms with van der Waals surface area (Å²) in [7, 11) is 0. The van der Waals surface area contributed by atoms with E-state index in [2.05, 4.69) is 0 Å². The van der Waals surface area contributed by atoms with E-state index in [4.69, 9.17) is 5.21 Å². The van der Waals surface area contributed by atoms with E-state index >= 15 is 0 Å². The van der Waals surface area contributed by atoms with Gasteiger partial charge in [-0.15, -0.1) is 0 Å². The molecule has 3 rings (SSSR count). The van der Waals surface area contributed by atoms with Crippen LogP contribution in [0.1, 0.15) is 67.2 Å². The van der Waals surface area contributed by atoms with Crippen LogP contribution in [0.3, 0.4) is 0 Å². The number of hydroxylamine groups is 1. The van der Waals surface area contributed by atoms with Crippen molar-refractivity contribution < 1.29 is 14.8 Å². The number of carbonyl (C=O) groups is 2. The molecule has 2 aliphatic heterocycles. The van der Waals surface area contributed by atoms with Crippen LogP contribution in [0.2, 0.25) is 0 Å². The van der Waals surface area contributed by atoms with Gasteiger partial charge in [-0.25, -0.2) is 5.48 Å². The summed E-state index contributed by atoms with van der Waals surface area (Å²) in [5.74, 6) is -0.367. The number of amides is 2. The predicted octanol–water partition coefficient (Wildman–Crippen LogP) is 2.57. The van der Waals surface area contributed by atoms with Gasteiger partial charge in [-0.1, -0.05) is 26.8 Å². The van der Waals surface area contributed by atoms with E-state index in [1.807, 2.05) is 31.7 Å². The minimum atomic E-state index is -0.519. The number of nitrogens with one attached hydrogen (secondary N) is 1. The molecule has 1 aromatic rings. The normalized spacial score (nSPS) is 23.1. The van der Waals surface area contributed by atoms with E-state index in [1.54, 1.807) is 17.6 Å². The first-order valence-corrected chi connectivity index (χ1v) is 7.25. The molecule has 2 amide bonds. The SMILES string of the molecule is CC(C)(C)C(=O)N1C2CCC1c1cc(C(=O)NO)ccc12. The molecule has 2 unspecified atom stereocenters. The smallest absolute Gasteiger partial charge is 0.274 e. The van der Waals surface area contributed by atoms with Crippen LogP contribution in [0, 0.1) is 5.41 Å². The lowest BCUT2D eigenvalue weighted by molar-refractivity contribution is -0.142. The highest BCUT2D eigenvalue weighted by Gasteiger charge is 2.48. The van der Waals surface area contributed by atoms with Crippen molar-refractivity contribution in [3.8, 4) is 0 Å². The second-order valence-electron chi connectivity index (χ2n) is 6.86. The third-order valence-corrected chi connectivity index (χ3v) is 4.43. The molecule has 5 nitrogen and oxygen atoms in total. The van der Waals surface area contributed by atoms with Gasteiger partial charge in [0, 0.05) is 11.0 Å². The monoisotopic (exact) mass is 288 g/mol. The molecule has 2 atom stereocenters. The van der Waals surface area contributed by atoms with Gasteiger partial charge in [0.15, 0.2) is 0 Å². The highest BCUT2D eigenvalue weighted by molar-refractivity contribution is 5.94. The fraction of sp³-hybridized carbons (Fsp3) is 0.500. The number of carbonyl (C=O) groups excluding carboxylic acids is 2. The molecule has 0 aliphatic carbocycles. The first-order chi connectivity index (χ1) is 9.84. The van der Waals surface area contributed by atoms with E-state index < -0.39 is 11.3 Å². The van der Waals surface area contributed by atoms with Crippen LogP contribution in [0.25, 0.3) is 0 Å². The van der Waals surface area contributed by atoms with Crippen LogP contribution in [0.5, 0.6) is 0 Å². The Balaban J connectivity index is 1.99. The Labute approximate surface area is 123 Å². The summed E-state index contributed by atoms with van der Waals surface area (Å²) < 4.78 is 0. The molecule has 1 fully saturated rings. The van der Waals surface area contributed by atoms with Gasteiger partial charge in [0.2, 0.25) is 5.91 Å². The van der Waals surface area contributed by atoms with Crippen LogP contribution in [-0.2, 0) is 4.79 Å². The van der Waals surface area contributed by atoms with E-state index in [-0.39, 0.29) is 18.0 Å². The van der Waals surface area contributed by atoms with Crippen molar-refractivity contribution >= 4 is 11.8 Å². The molecule has 0 radical (unpaired) electrons. The van der Waals surface area contributed by atoms with Crippen LogP contribution >= 0.6 is 0 Å². The molecule has 2 N–H and O–H groups in total. The zero-order valence-electron chi connectivity index (χ0n) is 12.5. The summed E-state index contributed by atoms with van der Waals surface area (Å²) in [4.78, 5) is 26.2. The van der Waals surface area contributed by atoms with Crippen molar-refractivity contribution in [3.05, 3.63) is 34.9 Å². The Morgan fingerprint density at radius 3 is 2.38 bits per heavy atom. The summed E-state index contributed by atoms with van der Waals surface area (Å²) in [5, 5.41) is 8.75. The average molecular weight is 288 g/mol. The van der Waals surface area contributed by atoms with Crippen molar-refractivity contribution in [1.82, 2.24) is 10.4 Å². The molecular formula is C16H20N2O3. The van der Waals surface area contributed by atoms with Crippen LogP contribution in [0.15, 0.2) is 18.2 Å². The quantitative estimate of drug-likeness (QED) is 0.616. The molecule has 1 aromatic carbocycles. The molecule has 112 valence electrons. The second-order valence-corrected chi connectivity index (χ2v) is 6.86. The highest BCUT2D eigenvalue weighted by atomic mass is 16.5. The maximum Gasteiger partial charge on any atom is 0.274 e. The molecule has 2 bridgehead atoms. The lowest BCUT2D eigenvalue weighted by atomic mass is 9.90. The fourth-order valence-electron chi connectivity index (χ4n) is 3.46. The standard InChI is InChI=1S/C16H20N2O3/c1-16(2,3)15(20)18-12-6-7-13(18)11-8-9(14(19)17-21)4-5-10(11)12/h4-5,8,12-13,21H,6-7H2,1-3H3,(H,17,19). The molecular weight excluding hydrogens is 268 g/mol. The maximum atomic E-state index is 12.7. The molecule has 0 spiro atoms. The Morgan fingerprint density at radius 1 is 1.19 bits per heavy atom. The minimum absolute atomic E-state index is 0.0585. The number of nitrogens with zero attached hydrogens (tertiary/aromatic N) is 1. The fourth-order valence-corrected chi connectivity index (χ4v) is 3.46. The Hall–Kier alpha value is -1.88. The van der Waals surface area contributed by atoms with Gasteiger partial charge in [-0.2, -0.15) is 0 Å². The van der Waals surface area contributed by atoms with Gasteiger partial charge in [0.25, 0.3) is 5.91 Å².